The number of amides is 1. The van der Waals surface area contributed by atoms with Crippen molar-refractivity contribution in [3.8, 4) is 16.9 Å². The Balaban J connectivity index is 1.38. The van der Waals surface area contributed by atoms with Crippen LogP contribution in [0.1, 0.15) is 36.0 Å². The number of hydrogen-bond acceptors (Lipinski definition) is 3. The summed E-state index contributed by atoms with van der Waals surface area (Å²) in [4.78, 5) is 17.5. The summed E-state index contributed by atoms with van der Waals surface area (Å²) in [5.41, 5.74) is 2.74. The SMILES string of the molecule is O=C(c1cccc(-c2ccc(O)cc2)c1)N1CCN(CC2CCCC2)CC1. The molecule has 1 aliphatic carbocycles. The van der Waals surface area contributed by atoms with Gasteiger partial charge in [-0.2, -0.15) is 0 Å². The second kappa shape index (κ2) is 8.13. The second-order valence-corrected chi connectivity index (χ2v) is 7.87. The normalized spacial score (nSPS) is 18.7. The first-order chi connectivity index (χ1) is 13.2. The topological polar surface area (TPSA) is 43.8 Å². The molecule has 1 N–H and O–H groups in total. The molecule has 4 rings (SSSR count). The van der Waals surface area contributed by atoms with Crippen LogP contribution in [-0.4, -0.2) is 53.5 Å². The lowest BCUT2D eigenvalue weighted by Gasteiger charge is -2.36. The van der Waals surface area contributed by atoms with E-state index < -0.39 is 0 Å². The minimum Gasteiger partial charge on any atom is -0.508 e. The van der Waals surface area contributed by atoms with E-state index in [4.69, 9.17) is 0 Å². The minimum absolute atomic E-state index is 0.121. The highest BCUT2D eigenvalue weighted by Gasteiger charge is 2.25. The van der Waals surface area contributed by atoms with E-state index in [1.807, 2.05) is 41.3 Å². The molecule has 1 heterocycles. The zero-order valence-corrected chi connectivity index (χ0v) is 15.8. The molecule has 2 aromatic rings. The van der Waals surface area contributed by atoms with E-state index in [-0.39, 0.29) is 11.7 Å². The molecule has 0 bridgehead atoms. The monoisotopic (exact) mass is 364 g/mol. The van der Waals surface area contributed by atoms with Crippen molar-refractivity contribution in [1.29, 1.82) is 0 Å². The van der Waals surface area contributed by atoms with Crippen molar-refractivity contribution in [3.63, 3.8) is 0 Å². The van der Waals surface area contributed by atoms with Gasteiger partial charge in [0.05, 0.1) is 0 Å². The van der Waals surface area contributed by atoms with E-state index >= 15 is 0 Å². The summed E-state index contributed by atoms with van der Waals surface area (Å²) in [6.07, 6.45) is 5.54. The Hall–Kier alpha value is -2.33. The lowest BCUT2D eigenvalue weighted by atomic mass is 10.0. The molecule has 1 amide bonds. The average molecular weight is 364 g/mol. The van der Waals surface area contributed by atoms with Crippen LogP contribution in [0.4, 0.5) is 0 Å². The van der Waals surface area contributed by atoms with E-state index in [2.05, 4.69) is 4.90 Å². The highest BCUT2D eigenvalue weighted by atomic mass is 16.3. The molecule has 2 aromatic carbocycles. The van der Waals surface area contributed by atoms with Gasteiger partial charge in [0, 0.05) is 38.3 Å². The third-order valence-corrected chi connectivity index (χ3v) is 5.96. The smallest absolute Gasteiger partial charge is 0.253 e. The predicted octanol–water partition coefficient (Wildman–Crippen LogP) is 4.01. The van der Waals surface area contributed by atoms with Crippen molar-refractivity contribution < 1.29 is 9.90 Å². The summed E-state index contributed by atoms with van der Waals surface area (Å²) in [7, 11) is 0. The number of nitrogens with zero attached hydrogens (tertiary/aromatic N) is 2. The van der Waals surface area contributed by atoms with Crippen molar-refractivity contribution >= 4 is 5.91 Å². The third kappa shape index (κ3) is 4.33. The molecular weight excluding hydrogens is 336 g/mol. The molecule has 1 saturated carbocycles. The Morgan fingerprint density at radius 1 is 0.926 bits per heavy atom. The van der Waals surface area contributed by atoms with E-state index in [9.17, 15) is 9.90 Å². The van der Waals surface area contributed by atoms with Gasteiger partial charge in [-0.1, -0.05) is 37.1 Å². The van der Waals surface area contributed by atoms with Crippen molar-refractivity contribution in [1.82, 2.24) is 9.80 Å². The quantitative estimate of drug-likeness (QED) is 0.891. The molecule has 0 unspecified atom stereocenters. The Morgan fingerprint density at radius 3 is 2.33 bits per heavy atom. The van der Waals surface area contributed by atoms with Gasteiger partial charge in [-0.15, -0.1) is 0 Å². The molecule has 142 valence electrons. The lowest BCUT2D eigenvalue weighted by molar-refractivity contribution is 0.0618. The van der Waals surface area contributed by atoms with Gasteiger partial charge in [-0.25, -0.2) is 0 Å². The van der Waals surface area contributed by atoms with Crippen molar-refractivity contribution in [2.24, 2.45) is 5.92 Å². The number of phenols is 1. The number of piperazine rings is 1. The molecular formula is C23H28N2O2. The van der Waals surface area contributed by atoms with Crippen LogP contribution in [0.15, 0.2) is 48.5 Å². The van der Waals surface area contributed by atoms with Crippen LogP contribution >= 0.6 is 0 Å². The maximum absolute atomic E-state index is 13.0. The Kier molecular flexibility index (Phi) is 5.44. The standard InChI is InChI=1S/C23H28N2O2/c26-22-10-8-19(9-11-22)20-6-3-7-21(16-20)23(27)25-14-12-24(13-15-25)17-18-4-1-2-5-18/h3,6-11,16,18,26H,1-2,4-5,12-15,17H2. The first kappa shape index (κ1) is 18.1. The first-order valence-electron chi connectivity index (χ1n) is 10.1. The van der Waals surface area contributed by atoms with Crippen molar-refractivity contribution in [3.05, 3.63) is 54.1 Å². The van der Waals surface area contributed by atoms with Gasteiger partial charge < -0.3 is 10.0 Å². The molecule has 0 aromatic heterocycles. The molecule has 1 aliphatic heterocycles. The fraction of sp³-hybridized carbons (Fsp3) is 0.435. The zero-order chi connectivity index (χ0) is 18.6. The molecule has 27 heavy (non-hydrogen) atoms. The summed E-state index contributed by atoms with van der Waals surface area (Å²) < 4.78 is 0. The first-order valence-corrected chi connectivity index (χ1v) is 10.1. The van der Waals surface area contributed by atoms with Crippen LogP contribution < -0.4 is 0 Å². The maximum atomic E-state index is 13.0. The fourth-order valence-corrected chi connectivity index (χ4v) is 4.36. The summed E-state index contributed by atoms with van der Waals surface area (Å²) in [5.74, 6) is 1.24. The number of carbonyl (C=O) groups excluding carboxylic acids is 1. The van der Waals surface area contributed by atoms with Crippen LogP contribution in [0, 0.1) is 5.92 Å². The summed E-state index contributed by atoms with van der Waals surface area (Å²) in [5, 5.41) is 9.46. The Labute approximate surface area is 161 Å². The van der Waals surface area contributed by atoms with Crippen molar-refractivity contribution in [2.45, 2.75) is 25.7 Å². The van der Waals surface area contributed by atoms with Crippen LogP contribution in [-0.2, 0) is 0 Å². The van der Waals surface area contributed by atoms with Crippen LogP contribution in [0.3, 0.4) is 0 Å². The van der Waals surface area contributed by atoms with Gasteiger partial charge in [-0.05, 0) is 54.2 Å². The predicted molar refractivity (Wildman–Crippen MR) is 108 cm³/mol. The summed E-state index contributed by atoms with van der Waals surface area (Å²) in [6, 6.07) is 14.9. The highest BCUT2D eigenvalue weighted by molar-refractivity contribution is 5.95. The number of aromatic hydroxyl groups is 1. The fourth-order valence-electron chi connectivity index (χ4n) is 4.36. The molecule has 2 aliphatic rings. The molecule has 0 atom stereocenters. The van der Waals surface area contributed by atoms with Gasteiger partial charge in [-0.3, -0.25) is 9.69 Å². The van der Waals surface area contributed by atoms with Crippen LogP contribution in [0.5, 0.6) is 5.75 Å². The van der Waals surface area contributed by atoms with E-state index in [1.165, 1.54) is 32.2 Å². The number of carbonyl (C=O) groups is 1. The second-order valence-electron chi connectivity index (χ2n) is 7.87. The van der Waals surface area contributed by atoms with Gasteiger partial charge in [0.1, 0.15) is 5.75 Å². The molecule has 2 fully saturated rings. The molecule has 4 heteroatoms. The van der Waals surface area contributed by atoms with E-state index in [0.29, 0.717) is 0 Å². The third-order valence-electron chi connectivity index (χ3n) is 5.96. The van der Waals surface area contributed by atoms with Gasteiger partial charge in [0.25, 0.3) is 5.91 Å². The Bertz CT molecular complexity index is 773. The Morgan fingerprint density at radius 2 is 1.63 bits per heavy atom. The van der Waals surface area contributed by atoms with Crippen LogP contribution in [0.25, 0.3) is 11.1 Å². The lowest BCUT2D eigenvalue weighted by Crippen LogP contribution is -2.49. The highest BCUT2D eigenvalue weighted by Crippen LogP contribution is 2.26. The average Bonchev–Trinajstić information content (AvgIpc) is 3.22. The summed E-state index contributed by atoms with van der Waals surface area (Å²) >= 11 is 0. The van der Waals surface area contributed by atoms with E-state index in [0.717, 1.165) is 48.8 Å². The van der Waals surface area contributed by atoms with Crippen molar-refractivity contribution in [2.75, 3.05) is 32.7 Å². The minimum atomic E-state index is 0.121. The number of rotatable bonds is 4. The zero-order valence-electron chi connectivity index (χ0n) is 15.8. The number of phenolic OH excluding ortho intramolecular Hbond substituents is 1. The molecule has 4 nitrogen and oxygen atoms in total. The number of hydrogen-bond donors (Lipinski definition) is 1. The molecule has 0 spiro atoms. The van der Waals surface area contributed by atoms with Gasteiger partial charge in [0.15, 0.2) is 0 Å². The summed E-state index contributed by atoms with van der Waals surface area (Å²) in [6.45, 7) is 4.81. The van der Waals surface area contributed by atoms with E-state index in [1.54, 1.807) is 12.1 Å². The van der Waals surface area contributed by atoms with Crippen LogP contribution in [0.2, 0.25) is 0 Å². The maximum Gasteiger partial charge on any atom is 0.253 e. The van der Waals surface area contributed by atoms with Gasteiger partial charge in [0.2, 0.25) is 0 Å². The number of benzene rings is 2. The largest absolute Gasteiger partial charge is 0.508 e. The van der Waals surface area contributed by atoms with Gasteiger partial charge >= 0.3 is 0 Å². The molecule has 0 radical (unpaired) electrons. The molecule has 1 saturated heterocycles.